The number of aromatic nitrogens is 1. The first-order valence-corrected chi connectivity index (χ1v) is 9.12. The van der Waals surface area contributed by atoms with Gasteiger partial charge >= 0.3 is 0 Å². The summed E-state index contributed by atoms with van der Waals surface area (Å²) in [5.41, 5.74) is 1.10. The second-order valence-electron chi connectivity index (χ2n) is 6.78. The maximum absolute atomic E-state index is 12.5. The molecule has 5 nitrogen and oxygen atoms in total. The van der Waals surface area contributed by atoms with Gasteiger partial charge in [0.15, 0.2) is 0 Å². The van der Waals surface area contributed by atoms with E-state index in [1.807, 2.05) is 35.4 Å². The monoisotopic (exact) mass is 341 g/mol. The van der Waals surface area contributed by atoms with Crippen LogP contribution in [0.1, 0.15) is 37.1 Å². The summed E-state index contributed by atoms with van der Waals surface area (Å²) in [6, 6.07) is 10.3. The number of furan rings is 1. The van der Waals surface area contributed by atoms with E-state index in [2.05, 4.69) is 23.0 Å². The van der Waals surface area contributed by atoms with Crippen molar-refractivity contribution in [3.8, 4) is 0 Å². The molecule has 0 N–H and O–H groups in total. The number of nitrogens with zero attached hydrogens (tertiary/aromatic N) is 3. The van der Waals surface area contributed by atoms with E-state index < -0.39 is 0 Å². The molecule has 25 heavy (non-hydrogen) atoms. The van der Waals surface area contributed by atoms with Gasteiger partial charge in [-0.15, -0.1) is 0 Å². The number of carbonyl (C=O) groups excluding carboxylic acids is 1. The van der Waals surface area contributed by atoms with E-state index in [0.717, 1.165) is 50.4 Å². The Bertz CT molecular complexity index is 642. The van der Waals surface area contributed by atoms with Gasteiger partial charge in [-0.25, -0.2) is 0 Å². The number of hydrogen-bond acceptors (Lipinski definition) is 4. The third-order valence-electron chi connectivity index (χ3n) is 4.98. The van der Waals surface area contributed by atoms with Crippen LogP contribution in [-0.4, -0.2) is 46.9 Å². The molecule has 1 saturated heterocycles. The van der Waals surface area contributed by atoms with Gasteiger partial charge in [-0.1, -0.05) is 6.07 Å². The minimum Gasteiger partial charge on any atom is -0.469 e. The van der Waals surface area contributed by atoms with E-state index in [1.165, 1.54) is 0 Å². The molecule has 0 bridgehead atoms. The van der Waals surface area contributed by atoms with Crippen LogP contribution in [0.15, 0.2) is 47.2 Å². The molecule has 2 aromatic rings. The third-order valence-corrected chi connectivity index (χ3v) is 4.98. The van der Waals surface area contributed by atoms with Gasteiger partial charge < -0.3 is 9.32 Å². The van der Waals surface area contributed by atoms with E-state index in [1.54, 1.807) is 6.26 Å². The van der Waals surface area contributed by atoms with E-state index in [4.69, 9.17) is 4.42 Å². The van der Waals surface area contributed by atoms with Crippen LogP contribution in [0.25, 0.3) is 0 Å². The summed E-state index contributed by atoms with van der Waals surface area (Å²) in [5.74, 6) is 1.13. The number of pyridine rings is 1. The van der Waals surface area contributed by atoms with Crippen molar-refractivity contribution in [2.45, 2.75) is 44.7 Å². The first-order chi connectivity index (χ1) is 12.2. The summed E-state index contributed by atoms with van der Waals surface area (Å²) in [7, 11) is 2.16. The molecule has 1 atom stereocenters. The SMILES string of the molecule is CN(Cc1ccccn1)[C@H]1CCCN(C(=O)CCc2ccco2)CC1. The molecule has 0 radical (unpaired) electrons. The molecule has 0 spiro atoms. The van der Waals surface area contributed by atoms with Crippen molar-refractivity contribution in [1.82, 2.24) is 14.8 Å². The fourth-order valence-electron chi connectivity index (χ4n) is 3.49. The molecule has 1 fully saturated rings. The zero-order valence-corrected chi connectivity index (χ0v) is 14.9. The maximum atomic E-state index is 12.5. The van der Waals surface area contributed by atoms with Gasteiger partial charge in [0.05, 0.1) is 12.0 Å². The molecule has 5 heteroatoms. The summed E-state index contributed by atoms with van der Waals surface area (Å²) < 4.78 is 5.32. The maximum Gasteiger partial charge on any atom is 0.223 e. The standard InChI is InChI=1S/C20H27N3O2/c1-22(16-17-6-2-3-12-21-17)18-7-4-13-23(14-11-18)20(24)10-9-19-8-5-15-25-19/h2-3,5-6,8,12,15,18H,4,7,9-11,13-14,16H2,1H3/t18-/m0/s1. The van der Waals surface area contributed by atoms with Gasteiger partial charge in [-0.2, -0.15) is 0 Å². The van der Waals surface area contributed by atoms with Crippen LogP contribution >= 0.6 is 0 Å². The van der Waals surface area contributed by atoms with Crippen LogP contribution < -0.4 is 0 Å². The fourth-order valence-corrected chi connectivity index (χ4v) is 3.49. The molecule has 2 aromatic heterocycles. The van der Waals surface area contributed by atoms with Crippen molar-refractivity contribution >= 4 is 5.91 Å². The van der Waals surface area contributed by atoms with Crippen molar-refractivity contribution in [2.75, 3.05) is 20.1 Å². The Morgan fingerprint density at radius 2 is 2.20 bits per heavy atom. The van der Waals surface area contributed by atoms with E-state index in [9.17, 15) is 4.79 Å². The summed E-state index contributed by atoms with van der Waals surface area (Å²) >= 11 is 0. The van der Waals surface area contributed by atoms with Gasteiger partial charge in [0.2, 0.25) is 5.91 Å². The quantitative estimate of drug-likeness (QED) is 0.810. The van der Waals surface area contributed by atoms with Crippen LogP contribution in [-0.2, 0) is 17.8 Å². The highest BCUT2D eigenvalue weighted by Crippen LogP contribution is 2.18. The number of carbonyl (C=O) groups is 1. The number of rotatable bonds is 6. The van der Waals surface area contributed by atoms with Crippen molar-refractivity contribution in [3.63, 3.8) is 0 Å². The second kappa shape index (κ2) is 8.81. The van der Waals surface area contributed by atoms with Crippen LogP contribution in [0.4, 0.5) is 0 Å². The zero-order chi connectivity index (χ0) is 17.5. The number of hydrogen-bond donors (Lipinski definition) is 0. The lowest BCUT2D eigenvalue weighted by Gasteiger charge is -2.27. The summed E-state index contributed by atoms with van der Waals surface area (Å²) in [6.45, 7) is 2.57. The lowest BCUT2D eigenvalue weighted by atomic mass is 10.1. The molecular formula is C20H27N3O2. The first kappa shape index (κ1) is 17.7. The van der Waals surface area contributed by atoms with Gasteiger partial charge in [0.25, 0.3) is 0 Å². The van der Waals surface area contributed by atoms with Crippen LogP contribution in [0.5, 0.6) is 0 Å². The minimum absolute atomic E-state index is 0.240. The summed E-state index contributed by atoms with van der Waals surface area (Å²) in [6.07, 6.45) is 7.93. The molecule has 0 aromatic carbocycles. The lowest BCUT2D eigenvalue weighted by Crippen LogP contribution is -2.35. The molecular weight excluding hydrogens is 314 g/mol. The van der Waals surface area contributed by atoms with Gasteiger partial charge in [0, 0.05) is 44.7 Å². The van der Waals surface area contributed by atoms with Gasteiger partial charge in [-0.3, -0.25) is 14.7 Å². The van der Waals surface area contributed by atoms with Gasteiger partial charge in [0.1, 0.15) is 5.76 Å². The van der Waals surface area contributed by atoms with Crippen LogP contribution in [0, 0.1) is 0 Å². The van der Waals surface area contributed by atoms with Gasteiger partial charge in [-0.05, 0) is 50.6 Å². The van der Waals surface area contributed by atoms with Crippen LogP contribution in [0.3, 0.4) is 0 Å². The first-order valence-electron chi connectivity index (χ1n) is 9.12. The van der Waals surface area contributed by atoms with Crippen molar-refractivity contribution in [1.29, 1.82) is 0 Å². The summed E-state index contributed by atoms with van der Waals surface area (Å²) in [5, 5.41) is 0. The predicted octanol–water partition coefficient (Wildman–Crippen LogP) is 3.12. The molecule has 134 valence electrons. The Hall–Kier alpha value is -2.14. The Labute approximate surface area is 149 Å². The molecule has 0 unspecified atom stereocenters. The second-order valence-corrected chi connectivity index (χ2v) is 6.78. The highest BCUT2D eigenvalue weighted by atomic mass is 16.3. The Morgan fingerprint density at radius 3 is 2.96 bits per heavy atom. The van der Waals surface area contributed by atoms with Crippen molar-refractivity contribution < 1.29 is 9.21 Å². The molecule has 0 saturated carbocycles. The highest BCUT2D eigenvalue weighted by molar-refractivity contribution is 5.76. The smallest absolute Gasteiger partial charge is 0.223 e. The molecule has 1 amide bonds. The Morgan fingerprint density at radius 1 is 1.28 bits per heavy atom. The molecule has 3 rings (SSSR count). The summed E-state index contributed by atoms with van der Waals surface area (Å²) in [4.78, 5) is 21.3. The normalized spacial score (nSPS) is 18.3. The number of likely N-dealkylation sites (tertiary alicyclic amines) is 1. The molecule has 1 aliphatic heterocycles. The Kier molecular flexibility index (Phi) is 6.23. The number of aryl methyl sites for hydroxylation is 1. The number of amides is 1. The molecule has 1 aliphatic rings. The lowest BCUT2D eigenvalue weighted by molar-refractivity contribution is -0.131. The van der Waals surface area contributed by atoms with E-state index >= 15 is 0 Å². The topological polar surface area (TPSA) is 49.6 Å². The highest BCUT2D eigenvalue weighted by Gasteiger charge is 2.23. The molecule has 3 heterocycles. The van der Waals surface area contributed by atoms with E-state index in [-0.39, 0.29) is 5.91 Å². The molecule has 0 aliphatic carbocycles. The van der Waals surface area contributed by atoms with E-state index in [0.29, 0.717) is 18.9 Å². The third kappa shape index (κ3) is 5.16. The zero-order valence-electron chi connectivity index (χ0n) is 14.9. The average Bonchev–Trinajstić information content (AvgIpc) is 3.02. The van der Waals surface area contributed by atoms with Crippen molar-refractivity contribution in [3.05, 3.63) is 54.2 Å². The Balaban J connectivity index is 1.47. The minimum atomic E-state index is 0.240. The average molecular weight is 341 g/mol. The van der Waals surface area contributed by atoms with Crippen molar-refractivity contribution in [2.24, 2.45) is 0 Å². The largest absolute Gasteiger partial charge is 0.469 e. The fraction of sp³-hybridized carbons (Fsp3) is 0.500. The van der Waals surface area contributed by atoms with Crippen LogP contribution in [0.2, 0.25) is 0 Å². The predicted molar refractivity (Wildman–Crippen MR) is 97.0 cm³/mol.